The van der Waals surface area contributed by atoms with E-state index in [-0.39, 0.29) is 41.9 Å². The molecule has 0 spiro atoms. The maximum atomic E-state index is 12.7. The van der Waals surface area contributed by atoms with Gasteiger partial charge in [-0.1, -0.05) is 12.2 Å². The van der Waals surface area contributed by atoms with Crippen LogP contribution in [0.5, 0.6) is 0 Å². The molecule has 0 N–H and O–H groups in total. The molecule has 29 heavy (non-hydrogen) atoms. The molecule has 2 saturated heterocycles. The third-order valence-corrected chi connectivity index (χ3v) is 6.16. The summed E-state index contributed by atoms with van der Waals surface area (Å²) in [5.74, 6) is -1.15. The van der Waals surface area contributed by atoms with E-state index in [9.17, 15) is 19.2 Å². The molecule has 3 amide bonds. The topological polar surface area (TPSA) is 78.0 Å². The Morgan fingerprint density at radius 3 is 1.97 bits per heavy atom. The lowest BCUT2D eigenvalue weighted by molar-refractivity contribution is -0.146. The number of carbonyl (C=O) groups excluding carboxylic acids is 4. The zero-order valence-corrected chi connectivity index (χ0v) is 16.5. The number of ketones is 1. The first-order valence-electron chi connectivity index (χ1n) is 10.1. The smallest absolute Gasteiger partial charge is 0.242 e. The molecule has 1 aromatic rings. The summed E-state index contributed by atoms with van der Waals surface area (Å²) in [7, 11) is 0. The highest BCUT2D eigenvalue weighted by Gasteiger charge is 2.48. The molecule has 0 unspecified atom stereocenters. The fourth-order valence-electron chi connectivity index (χ4n) is 4.38. The Bertz CT molecular complexity index is 843. The van der Waals surface area contributed by atoms with Gasteiger partial charge in [0.15, 0.2) is 5.78 Å². The largest absolute Gasteiger partial charge is 0.368 e. The number of Topliss-reactive ketones (excluding diaryl/α,β-unsaturated/α-hetero) is 1. The summed E-state index contributed by atoms with van der Waals surface area (Å²) in [5, 5.41) is 0. The average Bonchev–Trinajstić information content (AvgIpc) is 2.99. The van der Waals surface area contributed by atoms with Crippen LogP contribution in [0.15, 0.2) is 36.4 Å². The van der Waals surface area contributed by atoms with Gasteiger partial charge in [0.25, 0.3) is 0 Å². The van der Waals surface area contributed by atoms with Gasteiger partial charge in [-0.15, -0.1) is 0 Å². The molecule has 2 heterocycles. The van der Waals surface area contributed by atoms with E-state index in [0.29, 0.717) is 44.6 Å². The Morgan fingerprint density at radius 2 is 1.45 bits per heavy atom. The summed E-state index contributed by atoms with van der Waals surface area (Å²) in [6.45, 7) is 3.80. The lowest BCUT2D eigenvalue weighted by Gasteiger charge is -2.36. The van der Waals surface area contributed by atoms with E-state index < -0.39 is 0 Å². The van der Waals surface area contributed by atoms with E-state index in [2.05, 4.69) is 4.90 Å². The second kappa shape index (κ2) is 7.81. The summed E-state index contributed by atoms with van der Waals surface area (Å²) in [6.07, 6.45) is 5.06. The number of likely N-dealkylation sites (tertiary alicyclic amines) is 1. The molecule has 1 aromatic carbocycles. The first-order chi connectivity index (χ1) is 14.0. The highest BCUT2D eigenvalue weighted by molar-refractivity contribution is 6.07. The molecule has 0 bridgehead atoms. The number of hydrogen-bond acceptors (Lipinski definition) is 5. The quantitative estimate of drug-likeness (QED) is 0.439. The monoisotopic (exact) mass is 395 g/mol. The van der Waals surface area contributed by atoms with Gasteiger partial charge in [0.05, 0.1) is 11.8 Å². The van der Waals surface area contributed by atoms with Gasteiger partial charge in [0, 0.05) is 37.4 Å². The van der Waals surface area contributed by atoms with Crippen LogP contribution in [0, 0.1) is 11.8 Å². The van der Waals surface area contributed by atoms with Crippen LogP contribution in [-0.2, 0) is 14.4 Å². The van der Waals surface area contributed by atoms with Gasteiger partial charge in [-0.25, -0.2) is 0 Å². The van der Waals surface area contributed by atoms with Gasteiger partial charge >= 0.3 is 0 Å². The molecule has 2 fully saturated rings. The number of fused-ring (bicyclic) bond motifs is 1. The van der Waals surface area contributed by atoms with E-state index >= 15 is 0 Å². The van der Waals surface area contributed by atoms with Crippen molar-refractivity contribution < 1.29 is 19.2 Å². The van der Waals surface area contributed by atoms with Gasteiger partial charge in [-0.3, -0.25) is 24.1 Å². The number of rotatable bonds is 4. The zero-order valence-electron chi connectivity index (χ0n) is 16.5. The van der Waals surface area contributed by atoms with Crippen molar-refractivity contribution in [3.8, 4) is 0 Å². The lowest BCUT2D eigenvalue weighted by Crippen LogP contribution is -2.52. The molecular weight excluding hydrogens is 370 g/mol. The van der Waals surface area contributed by atoms with E-state index in [4.69, 9.17) is 0 Å². The van der Waals surface area contributed by atoms with Crippen LogP contribution in [0.2, 0.25) is 0 Å². The predicted molar refractivity (Wildman–Crippen MR) is 107 cm³/mol. The molecule has 3 aliphatic rings. The van der Waals surface area contributed by atoms with Crippen LogP contribution in [0.1, 0.15) is 30.1 Å². The van der Waals surface area contributed by atoms with Crippen molar-refractivity contribution in [2.45, 2.75) is 19.8 Å². The standard InChI is InChI=1S/C22H25N3O4/c1-15(26)16-6-8-17(9-7-16)23-10-12-24(13-11-23)20(27)14-25-21(28)18-4-2-3-5-19(18)22(25)29/h2-3,6-9,18-19H,4-5,10-14H2,1H3/t18-,19-/m0/s1. The number of carbonyl (C=O) groups is 4. The summed E-state index contributed by atoms with van der Waals surface area (Å²) >= 11 is 0. The van der Waals surface area contributed by atoms with Gasteiger partial charge in [-0.05, 0) is 44.0 Å². The molecule has 7 heteroatoms. The maximum absolute atomic E-state index is 12.7. The number of benzene rings is 1. The summed E-state index contributed by atoms with van der Waals surface area (Å²) < 4.78 is 0. The van der Waals surface area contributed by atoms with Gasteiger partial charge in [0.1, 0.15) is 6.54 Å². The minimum absolute atomic E-state index is 0.0357. The third kappa shape index (κ3) is 3.69. The van der Waals surface area contributed by atoms with E-state index in [1.807, 2.05) is 36.4 Å². The Labute approximate surface area is 169 Å². The third-order valence-electron chi connectivity index (χ3n) is 6.16. The van der Waals surface area contributed by atoms with Crippen LogP contribution >= 0.6 is 0 Å². The van der Waals surface area contributed by atoms with E-state index in [0.717, 1.165) is 10.6 Å². The number of nitrogens with zero attached hydrogens (tertiary/aromatic N) is 3. The SMILES string of the molecule is CC(=O)c1ccc(N2CCN(C(=O)CN3C(=O)[C@H]4CC=CC[C@@H]4C3=O)CC2)cc1. The molecule has 0 radical (unpaired) electrons. The van der Waals surface area contributed by atoms with Crippen molar-refractivity contribution in [2.75, 3.05) is 37.6 Å². The van der Waals surface area contributed by atoms with E-state index in [1.165, 1.54) is 0 Å². The van der Waals surface area contributed by atoms with Crippen LogP contribution in [0.25, 0.3) is 0 Å². The summed E-state index contributed by atoms with van der Waals surface area (Å²) in [5.41, 5.74) is 1.70. The van der Waals surface area contributed by atoms with Crippen LogP contribution in [-0.4, -0.2) is 66.0 Å². The minimum Gasteiger partial charge on any atom is -0.368 e. The Balaban J connectivity index is 1.33. The number of amides is 3. The number of hydrogen-bond donors (Lipinski definition) is 0. The van der Waals surface area contributed by atoms with Gasteiger partial charge in [-0.2, -0.15) is 0 Å². The predicted octanol–water partition coefficient (Wildman–Crippen LogP) is 1.49. The van der Waals surface area contributed by atoms with Crippen molar-refractivity contribution in [3.05, 3.63) is 42.0 Å². The summed E-state index contributed by atoms with van der Waals surface area (Å²) in [4.78, 5) is 54.3. The number of allylic oxidation sites excluding steroid dienone is 2. The maximum Gasteiger partial charge on any atom is 0.242 e. The highest BCUT2D eigenvalue weighted by atomic mass is 16.2. The molecule has 152 valence electrons. The Morgan fingerprint density at radius 1 is 0.897 bits per heavy atom. The van der Waals surface area contributed by atoms with Crippen LogP contribution in [0.3, 0.4) is 0 Å². The lowest BCUT2D eigenvalue weighted by atomic mass is 9.85. The van der Waals surface area contributed by atoms with Crippen molar-refractivity contribution in [1.82, 2.24) is 9.80 Å². The fourth-order valence-corrected chi connectivity index (χ4v) is 4.38. The fraction of sp³-hybridized carbons (Fsp3) is 0.455. The molecule has 1 aliphatic carbocycles. The Kier molecular flexibility index (Phi) is 5.22. The normalized spacial score (nSPS) is 24.1. The molecular formula is C22H25N3O4. The van der Waals surface area contributed by atoms with Crippen LogP contribution < -0.4 is 4.90 Å². The number of imide groups is 1. The number of anilines is 1. The first kappa shape index (κ1) is 19.4. The van der Waals surface area contributed by atoms with Crippen molar-refractivity contribution in [3.63, 3.8) is 0 Å². The second-order valence-corrected chi connectivity index (χ2v) is 7.89. The van der Waals surface area contributed by atoms with Gasteiger partial charge in [0.2, 0.25) is 17.7 Å². The Hall–Kier alpha value is -2.96. The minimum atomic E-state index is -0.296. The number of piperazine rings is 1. The van der Waals surface area contributed by atoms with Gasteiger partial charge < -0.3 is 9.80 Å². The summed E-state index contributed by atoms with van der Waals surface area (Å²) in [6, 6.07) is 7.47. The van der Waals surface area contributed by atoms with Crippen molar-refractivity contribution in [1.29, 1.82) is 0 Å². The first-order valence-corrected chi connectivity index (χ1v) is 10.1. The molecule has 0 aromatic heterocycles. The molecule has 2 aliphatic heterocycles. The van der Waals surface area contributed by atoms with Crippen molar-refractivity contribution >= 4 is 29.2 Å². The molecule has 4 rings (SSSR count). The van der Waals surface area contributed by atoms with E-state index in [1.54, 1.807) is 11.8 Å². The highest BCUT2D eigenvalue weighted by Crippen LogP contribution is 2.35. The second-order valence-electron chi connectivity index (χ2n) is 7.89. The average molecular weight is 395 g/mol. The van der Waals surface area contributed by atoms with Crippen LogP contribution in [0.4, 0.5) is 5.69 Å². The molecule has 2 atom stereocenters. The zero-order chi connectivity index (χ0) is 20.5. The van der Waals surface area contributed by atoms with Crippen molar-refractivity contribution in [2.24, 2.45) is 11.8 Å². The molecule has 0 saturated carbocycles. The molecule has 7 nitrogen and oxygen atoms in total.